The molecule has 2 aliphatic rings. The normalized spacial score (nSPS) is 18.6. The summed E-state index contributed by atoms with van der Waals surface area (Å²) < 4.78 is 27.6. The lowest BCUT2D eigenvalue weighted by Crippen LogP contribution is -2.48. The predicted octanol–water partition coefficient (Wildman–Crippen LogP) is 3.99. The van der Waals surface area contributed by atoms with Gasteiger partial charge in [-0.1, -0.05) is 60.5 Å². The van der Waals surface area contributed by atoms with Crippen molar-refractivity contribution >= 4 is 33.6 Å². The van der Waals surface area contributed by atoms with Gasteiger partial charge in [-0.3, -0.25) is 9.69 Å². The van der Waals surface area contributed by atoms with Crippen molar-refractivity contribution in [2.75, 3.05) is 45.8 Å². The third-order valence-corrected chi connectivity index (χ3v) is 8.48. The van der Waals surface area contributed by atoms with Gasteiger partial charge in [0, 0.05) is 45.8 Å². The third-order valence-electron chi connectivity index (χ3n) is 6.25. The van der Waals surface area contributed by atoms with Crippen molar-refractivity contribution in [3.8, 4) is 0 Å². The molecule has 0 bridgehead atoms. The maximum absolute atomic E-state index is 13.2. The summed E-state index contributed by atoms with van der Waals surface area (Å²) >= 11 is 6.33. The number of amides is 1. The molecule has 0 unspecified atom stereocenters. The zero-order valence-corrected chi connectivity index (χ0v) is 20.3. The third kappa shape index (κ3) is 5.84. The van der Waals surface area contributed by atoms with Gasteiger partial charge in [-0.05, 0) is 36.6 Å². The molecule has 0 saturated carbocycles. The quantitative estimate of drug-likeness (QED) is 0.618. The molecule has 33 heavy (non-hydrogen) atoms. The van der Waals surface area contributed by atoms with E-state index in [0.717, 1.165) is 38.9 Å². The number of benzene rings is 2. The Labute approximate surface area is 201 Å². The van der Waals surface area contributed by atoms with Crippen LogP contribution in [0.25, 0.3) is 6.08 Å². The lowest BCUT2D eigenvalue weighted by atomic mass is 10.1. The summed E-state index contributed by atoms with van der Waals surface area (Å²) in [6, 6.07) is 14.6. The van der Waals surface area contributed by atoms with Crippen molar-refractivity contribution in [3.63, 3.8) is 0 Å². The van der Waals surface area contributed by atoms with E-state index in [1.165, 1.54) is 28.1 Å². The van der Waals surface area contributed by atoms with Gasteiger partial charge in [-0.15, -0.1) is 0 Å². The lowest BCUT2D eigenvalue weighted by molar-refractivity contribution is 0.0650. The van der Waals surface area contributed by atoms with Crippen LogP contribution in [0.15, 0.2) is 59.5 Å². The molecule has 6 nitrogen and oxygen atoms in total. The number of hydrogen-bond acceptors (Lipinski definition) is 4. The van der Waals surface area contributed by atoms with E-state index in [1.54, 1.807) is 4.90 Å². The fourth-order valence-electron chi connectivity index (χ4n) is 4.29. The minimum Gasteiger partial charge on any atom is -0.336 e. The second-order valence-corrected chi connectivity index (χ2v) is 10.9. The Balaban J connectivity index is 1.38. The summed E-state index contributed by atoms with van der Waals surface area (Å²) in [5.41, 5.74) is 1.42. The summed E-state index contributed by atoms with van der Waals surface area (Å²) in [5, 5.41) is 0.283. The molecule has 176 valence electrons. The van der Waals surface area contributed by atoms with Crippen molar-refractivity contribution in [2.24, 2.45) is 0 Å². The fourth-order valence-corrected chi connectivity index (χ4v) is 6.03. The highest BCUT2D eigenvalue weighted by atomic mass is 35.5. The number of halogens is 1. The Morgan fingerprint density at radius 3 is 2.30 bits per heavy atom. The SMILES string of the molecule is O=C(c1cc(S(=O)(=O)N2CCCCC2)ccc1Cl)N1CCN(CC=Cc2ccccc2)CC1. The second-order valence-electron chi connectivity index (χ2n) is 8.51. The first-order valence-electron chi connectivity index (χ1n) is 11.5. The largest absolute Gasteiger partial charge is 0.336 e. The van der Waals surface area contributed by atoms with Crippen molar-refractivity contribution in [1.29, 1.82) is 0 Å². The van der Waals surface area contributed by atoms with E-state index < -0.39 is 10.0 Å². The number of sulfonamides is 1. The monoisotopic (exact) mass is 487 g/mol. The van der Waals surface area contributed by atoms with Gasteiger partial charge in [0.1, 0.15) is 0 Å². The maximum atomic E-state index is 13.2. The summed E-state index contributed by atoms with van der Waals surface area (Å²) in [6.45, 7) is 4.54. The molecule has 4 rings (SSSR count). The zero-order chi connectivity index (χ0) is 23.3. The first kappa shape index (κ1) is 24.0. The molecule has 2 aliphatic heterocycles. The van der Waals surface area contributed by atoms with E-state index in [1.807, 2.05) is 18.2 Å². The molecule has 2 heterocycles. The number of piperidine rings is 1. The van der Waals surface area contributed by atoms with Gasteiger partial charge in [-0.2, -0.15) is 4.31 Å². The predicted molar refractivity (Wildman–Crippen MR) is 132 cm³/mol. The van der Waals surface area contributed by atoms with E-state index in [4.69, 9.17) is 11.6 Å². The molecule has 2 aromatic rings. The number of piperazine rings is 1. The van der Waals surface area contributed by atoms with Crippen LogP contribution in [0, 0.1) is 0 Å². The average molecular weight is 488 g/mol. The van der Waals surface area contributed by atoms with Crippen LogP contribution >= 0.6 is 11.6 Å². The van der Waals surface area contributed by atoms with E-state index in [0.29, 0.717) is 26.2 Å². The number of nitrogens with zero attached hydrogens (tertiary/aromatic N) is 3. The van der Waals surface area contributed by atoms with Gasteiger partial charge < -0.3 is 4.90 Å². The minimum atomic E-state index is -3.62. The summed E-state index contributed by atoms with van der Waals surface area (Å²) in [7, 11) is -3.62. The highest BCUT2D eigenvalue weighted by Crippen LogP contribution is 2.26. The summed E-state index contributed by atoms with van der Waals surface area (Å²) in [4.78, 5) is 17.4. The topological polar surface area (TPSA) is 60.9 Å². The van der Waals surface area contributed by atoms with Crippen LogP contribution in [-0.4, -0.2) is 74.2 Å². The average Bonchev–Trinajstić information content (AvgIpc) is 2.85. The molecule has 8 heteroatoms. The molecular weight excluding hydrogens is 458 g/mol. The fraction of sp³-hybridized carbons (Fsp3) is 0.400. The van der Waals surface area contributed by atoms with E-state index >= 15 is 0 Å². The van der Waals surface area contributed by atoms with Crippen LogP contribution in [0.1, 0.15) is 35.2 Å². The maximum Gasteiger partial charge on any atom is 0.255 e. The van der Waals surface area contributed by atoms with Gasteiger partial charge in [0.2, 0.25) is 10.0 Å². The van der Waals surface area contributed by atoms with E-state index in [2.05, 4.69) is 29.2 Å². The number of rotatable bonds is 6. The lowest BCUT2D eigenvalue weighted by Gasteiger charge is -2.34. The highest BCUT2D eigenvalue weighted by Gasteiger charge is 2.29. The first-order chi connectivity index (χ1) is 15.9. The second kappa shape index (κ2) is 10.8. The molecule has 0 atom stereocenters. The number of carbonyl (C=O) groups is 1. The van der Waals surface area contributed by atoms with Gasteiger partial charge in [-0.25, -0.2) is 8.42 Å². The molecule has 0 spiro atoms. The van der Waals surface area contributed by atoms with Crippen molar-refractivity contribution in [3.05, 3.63) is 70.8 Å². The molecule has 0 N–H and O–H groups in total. The van der Waals surface area contributed by atoms with Gasteiger partial charge >= 0.3 is 0 Å². The molecule has 0 aliphatic carbocycles. The molecule has 1 amide bonds. The molecule has 2 fully saturated rings. The van der Waals surface area contributed by atoms with E-state index in [9.17, 15) is 13.2 Å². The van der Waals surface area contributed by atoms with Crippen LogP contribution < -0.4 is 0 Å². The van der Waals surface area contributed by atoms with Gasteiger partial charge in [0.25, 0.3) is 5.91 Å². The van der Waals surface area contributed by atoms with Crippen LogP contribution in [-0.2, 0) is 10.0 Å². The Kier molecular flexibility index (Phi) is 7.86. The Bertz CT molecular complexity index is 1090. The van der Waals surface area contributed by atoms with Crippen LogP contribution in [0.4, 0.5) is 0 Å². The summed E-state index contributed by atoms with van der Waals surface area (Å²) in [6.07, 6.45) is 7.02. The van der Waals surface area contributed by atoms with Crippen molar-refractivity contribution in [2.45, 2.75) is 24.2 Å². The van der Waals surface area contributed by atoms with Crippen molar-refractivity contribution in [1.82, 2.24) is 14.1 Å². The zero-order valence-electron chi connectivity index (χ0n) is 18.7. The Hall–Kier alpha value is -2.19. The van der Waals surface area contributed by atoms with Crippen molar-refractivity contribution < 1.29 is 13.2 Å². The summed E-state index contributed by atoms with van der Waals surface area (Å²) in [5.74, 6) is -0.213. The number of hydrogen-bond donors (Lipinski definition) is 0. The van der Waals surface area contributed by atoms with E-state index in [-0.39, 0.29) is 21.4 Å². The number of carbonyl (C=O) groups excluding carboxylic acids is 1. The molecule has 0 radical (unpaired) electrons. The molecule has 0 aromatic heterocycles. The Morgan fingerprint density at radius 2 is 1.61 bits per heavy atom. The first-order valence-corrected chi connectivity index (χ1v) is 13.3. The smallest absolute Gasteiger partial charge is 0.255 e. The molecular formula is C25H30ClN3O3S. The minimum absolute atomic E-state index is 0.141. The van der Waals surface area contributed by atoms with Crippen LogP contribution in [0.3, 0.4) is 0 Å². The van der Waals surface area contributed by atoms with Gasteiger partial charge in [0.05, 0.1) is 15.5 Å². The van der Waals surface area contributed by atoms with Crippen LogP contribution in [0.2, 0.25) is 5.02 Å². The van der Waals surface area contributed by atoms with Gasteiger partial charge in [0.15, 0.2) is 0 Å². The highest BCUT2D eigenvalue weighted by molar-refractivity contribution is 7.89. The Morgan fingerprint density at radius 1 is 0.909 bits per heavy atom. The van der Waals surface area contributed by atoms with Crippen LogP contribution in [0.5, 0.6) is 0 Å². The molecule has 2 saturated heterocycles. The molecule has 2 aromatic carbocycles. The standard InChI is InChI=1S/C25H30ClN3O3S/c26-24-12-11-22(33(31,32)29-14-5-2-6-15-29)20-23(24)25(30)28-18-16-27(17-19-28)13-7-10-21-8-3-1-4-9-21/h1,3-4,7-12,20H,2,5-6,13-19H2.